The van der Waals surface area contributed by atoms with Gasteiger partial charge in [0.15, 0.2) is 0 Å². The Balaban J connectivity index is 2.19. The molecule has 7 nitrogen and oxygen atoms in total. The highest BCUT2D eigenvalue weighted by molar-refractivity contribution is 6.43. The zero-order valence-corrected chi connectivity index (χ0v) is 10.8. The van der Waals surface area contributed by atoms with E-state index in [0.717, 1.165) is 5.01 Å². The number of carbonyl (C=O) groups is 3. The molecule has 0 aliphatic carbocycles. The van der Waals surface area contributed by atoms with Gasteiger partial charge in [-0.05, 0) is 12.1 Å². The Labute approximate surface area is 114 Å². The fraction of sp³-hybridized carbons (Fsp3) is 0.231. The summed E-state index contributed by atoms with van der Waals surface area (Å²) in [6.45, 7) is 0. The first kappa shape index (κ1) is 13.7. The SMILES string of the molecule is CN1N=C(C(=O)Nc2ccccc2C(=O)O)CCC1=O. The van der Waals surface area contributed by atoms with Gasteiger partial charge in [0.2, 0.25) is 5.91 Å². The van der Waals surface area contributed by atoms with Gasteiger partial charge < -0.3 is 10.4 Å². The lowest BCUT2D eigenvalue weighted by Crippen LogP contribution is -2.34. The third kappa shape index (κ3) is 2.82. The Kier molecular flexibility index (Phi) is 3.79. The van der Waals surface area contributed by atoms with Crippen molar-refractivity contribution in [3.05, 3.63) is 29.8 Å². The summed E-state index contributed by atoms with van der Waals surface area (Å²) in [6, 6.07) is 6.10. The third-order valence-electron chi connectivity index (χ3n) is 2.88. The first-order chi connectivity index (χ1) is 9.49. The summed E-state index contributed by atoms with van der Waals surface area (Å²) in [7, 11) is 1.47. The summed E-state index contributed by atoms with van der Waals surface area (Å²) in [4.78, 5) is 34.3. The molecule has 1 heterocycles. The molecule has 0 bridgehead atoms. The molecule has 7 heteroatoms. The molecule has 0 atom stereocenters. The van der Waals surface area contributed by atoms with Crippen LogP contribution in [0.4, 0.5) is 5.69 Å². The number of amides is 2. The average Bonchev–Trinajstić information content (AvgIpc) is 2.42. The summed E-state index contributed by atoms with van der Waals surface area (Å²) in [5.41, 5.74) is 0.404. The zero-order chi connectivity index (χ0) is 14.7. The molecule has 0 saturated carbocycles. The highest BCUT2D eigenvalue weighted by atomic mass is 16.4. The number of hydrazone groups is 1. The number of carboxylic acid groups (broad SMARTS) is 1. The number of carbonyl (C=O) groups excluding carboxylic acids is 2. The number of nitrogens with one attached hydrogen (secondary N) is 1. The Hall–Kier alpha value is -2.70. The van der Waals surface area contributed by atoms with Crippen molar-refractivity contribution in [3.63, 3.8) is 0 Å². The van der Waals surface area contributed by atoms with Crippen molar-refractivity contribution in [2.75, 3.05) is 12.4 Å². The molecule has 20 heavy (non-hydrogen) atoms. The van der Waals surface area contributed by atoms with Gasteiger partial charge in [-0.25, -0.2) is 9.80 Å². The lowest BCUT2D eigenvalue weighted by atomic mass is 10.1. The van der Waals surface area contributed by atoms with Gasteiger partial charge in [0.1, 0.15) is 5.71 Å². The van der Waals surface area contributed by atoms with Crippen molar-refractivity contribution in [1.29, 1.82) is 0 Å². The van der Waals surface area contributed by atoms with E-state index in [-0.39, 0.29) is 35.7 Å². The van der Waals surface area contributed by atoms with Crippen molar-refractivity contribution in [2.45, 2.75) is 12.8 Å². The van der Waals surface area contributed by atoms with Gasteiger partial charge >= 0.3 is 5.97 Å². The Morgan fingerprint density at radius 2 is 2.00 bits per heavy atom. The lowest BCUT2D eigenvalue weighted by Gasteiger charge is -2.19. The first-order valence-electron chi connectivity index (χ1n) is 5.96. The number of carboxylic acids is 1. The van der Waals surface area contributed by atoms with E-state index in [0.29, 0.717) is 0 Å². The van der Waals surface area contributed by atoms with Crippen LogP contribution in [0.25, 0.3) is 0 Å². The number of para-hydroxylation sites is 1. The zero-order valence-electron chi connectivity index (χ0n) is 10.8. The Morgan fingerprint density at radius 1 is 1.30 bits per heavy atom. The van der Waals surface area contributed by atoms with Crippen LogP contribution in [0, 0.1) is 0 Å². The Bertz CT molecular complexity index is 609. The van der Waals surface area contributed by atoms with Crippen molar-refractivity contribution in [2.24, 2.45) is 5.10 Å². The number of hydrogen-bond acceptors (Lipinski definition) is 4. The highest BCUT2D eigenvalue weighted by Crippen LogP contribution is 2.16. The Morgan fingerprint density at radius 3 is 2.65 bits per heavy atom. The van der Waals surface area contributed by atoms with Crippen molar-refractivity contribution in [1.82, 2.24) is 5.01 Å². The normalized spacial score (nSPS) is 14.8. The van der Waals surface area contributed by atoms with Gasteiger partial charge in [-0.1, -0.05) is 12.1 Å². The van der Waals surface area contributed by atoms with Crippen LogP contribution >= 0.6 is 0 Å². The molecule has 1 aromatic carbocycles. The molecule has 2 rings (SSSR count). The quantitative estimate of drug-likeness (QED) is 0.857. The second-order valence-electron chi connectivity index (χ2n) is 4.27. The number of rotatable bonds is 3. The maximum atomic E-state index is 12.0. The largest absolute Gasteiger partial charge is 0.478 e. The van der Waals surface area contributed by atoms with Crippen molar-refractivity contribution in [3.8, 4) is 0 Å². The van der Waals surface area contributed by atoms with Gasteiger partial charge in [0.05, 0.1) is 11.3 Å². The molecule has 0 fully saturated rings. The molecule has 2 N–H and O–H groups in total. The molecular weight excluding hydrogens is 262 g/mol. The van der Waals surface area contributed by atoms with Crippen LogP contribution in [0.5, 0.6) is 0 Å². The molecule has 0 saturated heterocycles. The second-order valence-corrected chi connectivity index (χ2v) is 4.27. The van der Waals surface area contributed by atoms with E-state index in [1.54, 1.807) is 12.1 Å². The summed E-state index contributed by atoms with van der Waals surface area (Å²) in [5, 5.41) is 16.5. The highest BCUT2D eigenvalue weighted by Gasteiger charge is 2.23. The molecule has 0 aromatic heterocycles. The van der Waals surface area contributed by atoms with Crippen LogP contribution in [0.3, 0.4) is 0 Å². The predicted octanol–water partition coefficient (Wildman–Crippen LogP) is 0.931. The molecule has 1 aliphatic heterocycles. The first-order valence-corrected chi connectivity index (χ1v) is 5.96. The maximum Gasteiger partial charge on any atom is 0.337 e. The minimum Gasteiger partial charge on any atom is -0.478 e. The van der Waals surface area contributed by atoms with Crippen LogP contribution in [0.15, 0.2) is 29.4 Å². The van der Waals surface area contributed by atoms with E-state index in [4.69, 9.17) is 5.11 Å². The van der Waals surface area contributed by atoms with Gasteiger partial charge in [-0.2, -0.15) is 5.10 Å². The van der Waals surface area contributed by atoms with Crippen LogP contribution in [0.1, 0.15) is 23.2 Å². The van der Waals surface area contributed by atoms with E-state index in [9.17, 15) is 14.4 Å². The molecular formula is C13H13N3O4. The molecule has 1 aliphatic rings. The van der Waals surface area contributed by atoms with Crippen molar-refractivity contribution >= 4 is 29.2 Å². The standard InChI is InChI=1S/C13H13N3O4/c1-16-11(17)7-6-10(15-16)12(18)14-9-5-3-2-4-8(9)13(19)20/h2-5H,6-7H2,1H3,(H,14,18)(H,19,20). The lowest BCUT2D eigenvalue weighted by molar-refractivity contribution is -0.130. The van der Waals surface area contributed by atoms with E-state index in [1.807, 2.05) is 0 Å². The second kappa shape index (κ2) is 5.52. The number of aromatic carboxylic acids is 1. The molecule has 104 valence electrons. The van der Waals surface area contributed by atoms with Crippen LogP contribution in [0.2, 0.25) is 0 Å². The predicted molar refractivity (Wildman–Crippen MR) is 71.5 cm³/mol. The molecule has 1 aromatic rings. The summed E-state index contributed by atoms with van der Waals surface area (Å²) >= 11 is 0. The van der Waals surface area contributed by atoms with Crippen LogP contribution < -0.4 is 5.32 Å². The molecule has 0 spiro atoms. The van der Waals surface area contributed by atoms with Gasteiger partial charge in [0, 0.05) is 19.9 Å². The summed E-state index contributed by atoms with van der Waals surface area (Å²) in [5.74, 6) is -1.79. The van der Waals surface area contributed by atoms with Crippen molar-refractivity contribution < 1.29 is 19.5 Å². The van der Waals surface area contributed by atoms with E-state index in [2.05, 4.69) is 10.4 Å². The maximum absolute atomic E-state index is 12.0. The summed E-state index contributed by atoms with van der Waals surface area (Å²) in [6.07, 6.45) is 0.452. The fourth-order valence-corrected chi connectivity index (χ4v) is 1.81. The number of anilines is 1. The molecule has 0 unspecified atom stereocenters. The number of hydrogen-bond donors (Lipinski definition) is 2. The van der Waals surface area contributed by atoms with Gasteiger partial charge in [-0.3, -0.25) is 9.59 Å². The van der Waals surface area contributed by atoms with E-state index in [1.165, 1.54) is 19.2 Å². The smallest absolute Gasteiger partial charge is 0.337 e. The average molecular weight is 275 g/mol. The number of nitrogens with zero attached hydrogens (tertiary/aromatic N) is 2. The van der Waals surface area contributed by atoms with Gasteiger partial charge in [-0.15, -0.1) is 0 Å². The topological polar surface area (TPSA) is 99.1 Å². The molecule has 0 radical (unpaired) electrons. The van der Waals surface area contributed by atoms with Gasteiger partial charge in [0.25, 0.3) is 5.91 Å². The van der Waals surface area contributed by atoms with Crippen LogP contribution in [-0.2, 0) is 9.59 Å². The fourth-order valence-electron chi connectivity index (χ4n) is 1.81. The van der Waals surface area contributed by atoms with Crippen LogP contribution in [-0.4, -0.2) is 40.7 Å². The number of benzene rings is 1. The summed E-state index contributed by atoms with van der Waals surface area (Å²) < 4.78 is 0. The third-order valence-corrected chi connectivity index (χ3v) is 2.88. The van der Waals surface area contributed by atoms with E-state index >= 15 is 0 Å². The monoisotopic (exact) mass is 275 g/mol. The molecule has 2 amide bonds. The van der Waals surface area contributed by atoms with E-state index < -0.39 is 11.9 Å². The minimum atomic E-state index is -1.13. The minimum absolute atomic E-state index is 0.00157.